The number of anilines is 2. The fourth-order valence-electron chi connectivity index (χ4n) is 2.26. The Balaban J connectivity index is 2.24. The lowest BCUT2D eigenvalue weighted by atomic mass is 10.0. The molecule has 0 bridgehead atoms. The van der Waals surface area contributed by atoms with Gasteiger partial charge in [0.05, 0.1) is 4.75 Å². The van der Waals surface area contributed by atoms with Gasteiger partial charge in [-0.15, -0.1) is 11.8 Å². The molecule has 3 N–H and O–H groups in total. The van der Waals surface area contributed by atoms with Crippen molar-refractivity contribution in [3.8, 4) is 0 Å². The van der Waals surface area contributed by atoms with Crippen LogP contribution in [0.15, 0.2) is 12.1 Å². The number of benzene rings is 1. The summed E-state index contributed by atoms with van der Waals surface area (Å²) in [5.41, 5.74) is 9.50. The summed E-state index contributed by atoms with van der Waals surface area (Å²) < 4.78 is -0.288. The molecular formula is C14H20N2OS. The topological polar surface area (TPSA) is 55.1 Å². The summed E-state index contributed by atoms with van der Waals surface area (Å²) >= 11 is 1.74. The number of rotatable bonds is 2. The van der Waals surface area contributed by atoms with Crippen LogP contribution in [0.3, 0.4) is 0 Å². The van der Waals surface area contributed by atoms with Gasteiger partial charge < -0.3 is 11.1 Å². The zero-order valence-electron chi connectivity index (χ0n) is 11.2. The van der Waals surface area contributed by atoms with Crippen LogP contribution in [0.2, 0.25) is 0 Å². The van der Waals surface area contributed by atoms with Crippen molar-refractivity contribution >= 4 is 29.0 Å². The van der Waals surface area contributed by atoms with Crippen molar-refractivity contribution in [3.63, 3.8) is 0 Å². The van der Waals surface area contributed by atoms with E-state index in [1.165, 1.54) is 0 Å². The van der Waals surface area contributed by atoms with Crippen molar-refractivity contribution in [2.75, 3.05) is 16.8 Å². The smallest absolute Gasteiger partial charge is 0.240 e. The van der Waals surface area contributed by atoms with Crippen LogP contribution in [0.25, 0.3) is 0 Å². The minimum absolute atomic E-state index is 0.0989. The molecule has 3 nitrogen and oxygen atoms in total. The Labute approximate surface area is 113 Å². The van der Waals surface area contributed by atoms with Crippen molar-refractivity contribution in [2.24, 2.45) is 0 Å². The Bertz CT molecular complexity index is 479. The van der Waals surface area contributed by atoms with E-state index < -0.39 is 0 Å². The van der Waals surface area contributed by atoms with Gasteiger partial charge in [0, 0.05) is 11.4 Å². The second-order valence-corrected chi connectivity index (χ2v) is 6.71. The minimum atomic E-state index is -0.288. The van der Waals surface area contributed by atoms with Crippen LogP contribution < -0.4 is 11.1 Å². The monoisotopic (exact) mass is 264 g/mol. The zero-order valence-corrected chi connectivity index (χ0v) is 12.0. The molecule has 98 valence electrons. The molecule has 1 unspecified atom stereocenters. The Morgan fingerprint density at radius 1 is 1.44 bits per heavy atom. The van der Waals surface area contributed by atoms with Crippen molar-refractivity contribution < 1.29 is 4.79 Å². The van der Waals surface area contributed by atoms with Gasteiger partial charge in [0.2, 0.25) is 5.91 Å². The van der Waals surface area contributed by atoms with E-state index >= 15 is 0 Å². The highest BCUT2D eigenvalue weighted by molar-refractivity contribution is 8.01. The molecule has 18 heavy (non-hydrogen) atoms. The number of carbonyl (C=O) groups excluding carboxylic acids is 1. The summed E-state index contributed by atoms with van der Waals surface area (Å²) in [5, 5.41) is 3.06. The number of nitrogens with one attached hydrogen (secondary N) is 1. The first kappa shape index (κ1) is 13.3. The molecule has 2 rings (SSSR count). The fourth-order valence-corrected chi connectivity index (χ4v) is 3.47. The predicted octanol–water partition coefficient (Wildman–Crippen LogP) is 3.11. The van der Waals surface area contributed by atoms with Crippen LogP contribution in [-0.4, -0.2) is 16.4 Å². The first-order valence-electron chi connectivity index (χ1n) is 6.25. The lowest BCUT2D eigenvalue weighted by Crippen LogP contribution is -2.35. The standard InChI is InChI=1S/C14H20N2OS/c1-9-5-6-11(15)10(2)12(9)16-13(17)14(3)7-4-8-18-14/h5-6H,4,7-8,15H2,1-3H3,(H,16,17). The second kappa shape index (κ2) is 4.84. The minimum Gasteiger partial charge on any atom is -0.398 e. The summed E-state index contributed by atoms with van der Waals surface area (Å²) in [6, 6.07) is 3.83. The van der Waals surface area contributed by atoms with E-state index in [9.17, 15) is 4.79 Å². The zero-order chi connectivity index (χ0) is 13.3. The van der Waals surface area contributed by atoms with Crippen LogP contribution in [0.4, 0.5) is 11.4 Å². The molecule has 1 aliphatic rings. The van der Waals surface area contributed by atoms with Crippen LogP contribution in [0.1, 0.15) is 30.9 Å². The summed E-state index contributed by atoms with van der Waals surface area (Å²) in [6.07, 6.45) is 2.06. The number of aryl methyl sites for hydroxylation is 1. The average Bonchev–Trinajstić information content (AvgIpc) is 2.78. The maximum absolute atomic E-state index is 12.4. The summed E-state index contributed by atoms with van der Waals surface area (Å²) in [6.45, 7) is 5.96. The molecule has 1 saturated heterocycles. The van der Waals surface area contributed by atoms with E-state index in [0.717, 1.165) is 41.1 Å². The molecule has 1 aromatic rings. The Hall–Kier alpha value is -1.16. The average molecular weight is 264 g/mol. The highest BCUT2D eigenvalue weighted by Crippen LogP contribution is 2.39. The van der Waals surface area contributed by atoms with Gasteiger partial charge in [-0.1, -0.05) is 6.07 Å². The van der Waals surface area contributed by atoms with Crippen molar-refractivity contribution in [3.05, 3.63) is 23.3 Å². The largest absolute Gasteiger partial charge is 0.398 e. The maximum Gasteiger partial charge on any atom is 0.240 e. The molecule has 1 heterocycles. The highest BCUT2D eigenvalue weighted by Gasteiger charge is 2.37. The van der Waals surface area contributed by atoms with Gasteiger partial charge in [-0.2, -0.15) is 0 Å². The van der Waals surface area contributed by atoms with Gasteiger partial charge in [-0.05, 0) is 56.6 Å². The quantitative estimate of drug-likeness (QED) is 0.807. The van der Waals surface area contributed by atoms with Gasteiger partial charge in [0.1, 0.15) is 0 Å². The van der Waals surface area contributed by atoms with Crippen molar-refractivity contribution in [1.29, 1.82) is 0 Å². The molecular weight excluding hydrogens is 244 g/mol. The molecule has 4 heteroatoms. The molecule has 0 saturated carbocycles. The third kappa shape index (κ3) is 2.34. The van der Waals surface area contributed by atoms with Gasteiger partial charge in [0.25, 0.3) is 0 Å². The van der Waals surface area contributed by atoms with Gasteiger partial charge >= 0.3 is 0 Å². The number of amides is 1. The van der Waals surface area contributed by atoms with Crippen LogP contribution in [-0.2, 0) is 4.79 Å². The lowest BCUT2D eigenvalue weighted by molar-refractivity contribution is -0.118. The van der Waals surface area contributed by atoms with E-state index in [2.05, 4.69) is 5.32 Å². The van der Waals surface area contributed by atoms with E-state index in [-0.39, 0.29) is 10.7 Å². The van der Waals surface area contributed by atoms with Gasteiger partial charge in [-0.25, -0.2) is 0 Å². The van der Waals surface area contributed by atoms with E-state index in [0.29, 0.717) is 0 Å². The Morgan fingerprint density at radius 3 is 2.78 bits per heavy atom. The number of hydrogen-bond donors (Lipinski definition) is 2. The van der Waals surface area contributed by atoms with E-state index in [1.807, 2.05) is 32.9 Å². The first-order chi connectivity index (χ1) is 8.44. The Kier molecular flexibility index (Phi) is 3.57. The molecule has 0 radical (unpaired) electrons. The lowest BCUT2D eigenvalue weighted by Gasteiger charge is -2.23. The molecule has 1 atom stereocenters. The maximum atomic E-state index is 12.4. The predicted molar refractivity (Wildman–Crippen MR) is 79.1 cm³/mol. The van der Waals surface area contributed by atoms with Gasteiger partial charge in [0.15, 0.2) is 0 Å². The normalized spacial score (nSPS) is 23.1. The van der Waals surface area contributed by atoms with Crippen LogP contribution in [0, 0.1) is 13.8 Å². The second-order valence-electron chi connectivity index (χ2n) is 5.11. The van der Waals surface area contributed by atoms with Crippen LogP contribution in [0.5, 0.6) is 0 Å². The third-order valence-corrected chi connectivity index (χ3v) is 5.17. The molecule has 0 aliphatic carbocycles. The van der Waals surface area contributed by atoms with Crippen LogP contribution >= 0.6 is 11.8 Å². The van der Waals surface area contributed by atoms with Gasteiger partial charge in [-0.3, -0.25) is 4.79 Å². The fraction of sp³-hybridized carbons (Fsp3) is 0.500. The summed E-state index contributed by atoms with van der Waals surface area (Å²) in [4.78, 5) is 12.4. The van der Waals surface area contributed by atoms with Crippen molar-refractivity contribution in [2.45, 2.75) is 38.4 Å². The molecule has 0 aromatic heterocycles. The van der Waals surface area contributed by atoms with Crippen molar-refractivity contribution in [1.82, 2.24) is 0 Å². The third-order valence-electron chi connectivity index (χ3n) is 3.65. The number of thioether (sulfide) groups is 1. The summed E-state index contributed by atoms with van der Waals surface area (Å²) in [5.74, 6) is 1.17. The molecule has 1 aliphatic heterocycles. The SMILES string of the molecule is Cc1ccc(N)c(C)c1NC(=O)C1(C)CCCS1. The summed E-state index contributed by atoms with van der Waals surface area (Å²) in [7, 11) is 0. The number of nitrogen functional groups attached to an aromatic ring is 1. The molecule has 1 amide bonds. The number of nitrogens with two attached hydrogens (primary N) is 1. The molecule has 1 aromatic carbocycles. The number of carbonyl (C=O) groups is 1. The molecule has 0 spiro atoms. The molecule has 1 fully saturated rings. The highest BCUT2D eigenvalue weighted by atomic mass is 32.2. The first-order valence-corrected chi connectivity index (χ1v) is 7.24. The van der Waals surface area contributed by atoms with E-state index in [1.54, 1.807) is 11.8 Å². The Morgan fingerprint density at radius 2 is 2.17 bits per heavy atom. The number of hydrogen-bond acceptors (Lipinski definition) is 3. The van der Waals surface area contributed by atoms with E-state index in [4.69, 9.17) is 5.73 Å².